The van der Waals surface area contributed by atoms with Gasteiger partial charge in [0.1, 0.15) is 11.6 Å². The number of benzene rings is 1. The summed E-state index contributed by atoms with van der Waals surface area (Å²) in [5.41, 5.74) is 5.32. The average molecular weight is 474 g/mol. The fraction of sp³-hybridized carbons (Fsp3) is 0.364. The molecular formula is C22H23N3O7S. The van der Waals surface area contributed by atoms with Crippen LogP contribution in [0.1, 0.15) is 33.6 Å². The Bertz CT molecular complexity index is 1110. The molecule has 0 saturated heterocycles. The molecule has 0 radical (unpaired) electrons. The highest BCUT2D eigenvalue weighted by Crippen LogP contribution is 2.36. The number of amides is 3. The maximum absolute atomic E-state index is 12.6. The number of ether oxygens (including phenoxy) is 3. The number of aryl methyl sites for hydroxylation is 1. The number of hydrogen-bond acceptors (Lipinski definition) is 8. The molecule has 1 saturated carbocycles. The molecule has 174 valence electrons. The summed E-state index contributed by atoms with van der Waals surface area (Å²) < 4.78 is 16.1. The first-order valence-corrected chi connectivity index (χ1v) is 11.2. The smallest absolute Gasteiger partial charge is 0.341 e. The van der Waals surface area contributed by atoms with Crippen LogP contribution < -0.4 is 25.6 Å². The van der Waals surface area contributed by atoms with Crippen LogP contribution in [0.2, 0.25) is 0 Å². The number of carbonyl (C=O) groups excluding carboxylic acids is 4. The van der Waals surface area contributed by atoms with Crippen molar-refractivity contribution in [2.45, 2.75) is 32.8 Å². The summed E-state index contributed by atoms with van der Waals surface area (Å²) in [4.78, 5) is 49.9. The zero-order chi connectivity index (χ0) is 23.5. The lowest BCUT2D eigenvalue weighted by Gasteiger charge is -2.25. The van der Waals surface area contributed by atoms with E-state index in [2.05, 4.69) is 16.2 Å². The van der Waals surface area contributed by atoms with Gasteiger partial charge in [0.2, 0.25) is 12.0 Å². The van der Waals surface area contributed by atoms with Gasteiger partial charge < -0.3 is 19.5 Å². The number of hydrogen-bond donors (Lipinski definition) is 3. The van der Waals surface area contributed by atoms with Gasteiger partial charge in [-0.05, 0) is 44.4 Å². The maximum atomic E-state index is 12.6. The highest BCUT2D eigenvalue weighted by molar-refractivity contribution is 7.16. The van der Waals surface area contributed by atoms with Crippen molar-refractivity contribution in [2.75, 3.05) is 18.5 Å². The SMILES string of the molecule is Cc1sc(NC(=O)C2CC2)c(C(=O)OCC(=O)NNC(=O)C2COc3ccccc3O2)c1C. The first kappa shape index (κ1) is 22.6. The van der Waals surface area contributed by atoms with Gasteiger partial charge in [-0.2, -0.15) is 0 Å². The summed E-state index contributed by atoms with van der Waals surface area (Å²) in [5, 5.41) is 3.19. The molecule has 1 aliphatic carbocycles. The van der Waals surface area contributed by atoms with Crippen LogP contribution in [-0.2, 0) is 19.1 Å². The summed E-state index contributed by atoms with van der Waals surface area (Å²) >= 11 is 1.29. The highest BCUT2D eigenvalue weighted by atomic mass is 32.1. The van der Waals surface area contributed by atoms with E-state index in [1.165, 1.54) is 11.3 Å². The molecular weight excluding hydrogens is 450 g/mol. The molecule has 2 aromatic rings. The molecule has 4 rings (SSSR count). The molecule has 1 aliphatic heterocycles. The second kappa shape index (κ2) is 9.49. The van der Waals surface area contributed by atoms with Crippen LogP contribution in [-0.4, -0.2) is 43.0 Å². The van der Waals surface area contributed by atoms with Crippen molar-refractivity contribution in [1.29, 1.82) is 0 Å². The van der Waals surface area contributed by atoms with E-state index in [1.54, 1.807) is 31.2 Å². The standard InChI is InChI=1S/C22H23N3O7S/c1-11-12(2)33-21(23-19(27)13-7-8-13)18(11)22(29)31-10-17(26)24-25-20(28)16-9-30-14-5-3-4-6-15(14)32-16/h3-6,13,16H,7-10H2,1-2H3,(H,23,27)(H,24,26)(H,25,28). The summed E-state index contributed by atoms with van der Waals surface area (Å²) in [5.74, 6) is -1.26. The van der Waals surface area contributed by atoms with Crippen LogP contribution >= 0.6 is 11.3 Å². The Kier molecular flexibility index (Phi) is 6.50. The fourth-order valence-corrected chi connectivity index (χ4v) is 4.17. The third-order valence-electron chi connectivity index (χ3n) is 5.23. The molecule has 1 unspecified atom stereocenters. The second-order valence-corrected chi connectivity index (χ2v) is 8.95. The maximum Gasteiger partial charge on any atom is 0.341 e. The zero-order valence-corrected chi connectivity index (χ0v) is 18.9. The van der Waals surface area contributed by atoms with E-state index < -0.39 is 30.5 Å². The van der Waals surface area contributed by atoms with Crippen molar-refractivity contribution >= 4 is 40.0 Å². The van der Waals surface area contributed by atoms with Gasteiger partial charge >= 0.3 is 5.97 Å². The van der Waals surface area contributed by atoms with E-state index in [0.29, 0.717) is 22.1 Å². The van der Waals surface area contributed by atoms with Gasteiger partial charge in [-0.3, -0.25) is 25.2 Å². The van der Waals surface area contributed by atoms with Crippen molar-refractivity contribution in [3.63, 3.8) is 0 Å². The van der Waals surface area contributed by atoms with Gasteiger partial charge in [0.15, 0.2) is 18.1 Å². The van der Waals surface area contributed by atoms with Gasteiger partial charge in [0.05, 0.1) is 5.56 Å². The number of thiophene rings is 1. The highest BCUT2D eigenvalue weighted by Gasteiger charge is 2.32. The minimum atomic E-state index is -0.947. The molecule has 10 nitrogen and oxygen atoms in total. The molecule has 1 fully saturated rings. The number of para-hydroxylation sites is 2. The molecule has 1 atom stereocenters. The number of esters is 1. The topological polar surface area (TPSA) is 132 Å². The van der Waals surface area contributed by atoms with Gasteiger partial charge in [-0.15, -0.1) is 11.3 Å². The Morgan fingerprint density at radius 3 is 2.52 bits per heavy atom. The van der Waals surface area contributed by atoms with E-state index in [4.69, 9.17) is 14.2 Å². The quantitative estimate of drug-likeness (QED) is 0.431. The predicted molar refractivity (Wildman–Crippen MR) is 118 cm³/mol. The van der Waals surface area contributed by atoms with E-state index >= 15 is 0 Å². The van der Waals surface area contributed by atoms with Crippen molar-refractivity contribution in [1.82, 2.24) is 10.9 Å². The van der Waals surface area contributed by atoms with E-state index in [0.717, 1.165) is 17.7 Å². The van der Waals surface area contributed by atoms with Crippen LogP contribution in [0.15, 0.2) is 24.3 Å². The third-order valence-corrected chi connectivity index (χ3v) is 6.36. The average Bonchev–Trinajstić information content (AvgIpc) is 3.62. The van der Waals surface area contributed by atoms with Crippen molar-refractivity contribution in [3.8, 4) is 11.5 Å². The zero-order valence-electron chi connectivity index (χ0n) is 18.1. The molecule has 3 N–H and O–H groups in total. The van der Waals surface area contributed by atoms with Crippen molar-refractivity contribution in [2.24, 2.45) is 5.92 Å². The molecule has 0 spiro atoms. The summed E-state index contributed by atoms with van der Waals surface area (Å²) in [6.07, 6.45) is 0.730. The number of carbonyl (C=O) groups is 4. The lowest BCUT2D eigenvalue weighted by molar-refractivity contribution is -0.135. The first-order valence-electron chi connectivity index (χ1n) is 10.4. The molecule has 1 aromatic heterocycles. The minimum Gasteiger partial charge on any atom is -0.485 e. The lowest BCUT2D eigenvalue weighted by atomic mass is 10.1. The van der Waals surface area contributed by atoms with Gasteiger partial charge in [-0.25, -0.2) is 4.79 Å². The Hall–Kier alpha value is -3.60. The van der Waals surface area contributed by atoms with E-state index in [1.807, 2.05) is 6.92 Å². The molecule has 0 bridgehead atoms. The van der Waals surface area contributed by atoms with Crippen LogP contribution in [0.3, 0.4) is 0 Å². The molecule has 2 heterocycles. The number of anilines is 1. The Balaban J connectivity index is 1.26. The number of rotatable bonds is 6. The normalized spacial score (nSPS) is 16.5. The first-order chi connectivity index (χ1) is 15.8. The molecule has 1 aromatic carbocycles. The van der Waals surface area contributed by atoms with E-state index in [-0.39, 0.29) is 24.0 Å². The Morgan fingerprint density at radius 2 is 1.79 bits per heavy atom. The Morgan fingerprint density at radius 1 is 1.06 bits per heavy atom. The van der Waals surface area contributed by atoms with Crippen molar-refractivity contribution < 1.29 is 33.4 Å². The van der Waals surface area contributed by atoms with Gasteiger partial charge in [0, 0.05) is 10.8 Å². The molecule has 33 heavy (non-hydrogen) atoms. The lowest BCUT2D eigenvalue weighted by Crippen LogP contribution is -2.51. The molecule has 3 amide bonds. The van der Waals surface area contributed by atoms with Crippen LogP contribution in [0.4, 0.5) is 5.00 Å². The van der Waals surface area contributed by atoms with Crippen LogP contribution in [0, 0.1) is 19.8 Å². The van der Waals surface area contributed by atoms with Crippen molar-refractivity contribution in [3.05, 3.63) is 40.3 Å². The van der Waals surface area contributed by atoms with Crippen LogP contribution in [0.25, 0.3) is 0 Å². The monoisotopic (exact) mass is 473 g/mol. The minimum absolute atomic E-state index is 0.0140. The predicted octanol–water partition coefficient (Wildman–Crippen LogP) is 1.86. The number of fused-ring (bicyclic) bond motifs is 1. The summed E-state index contributed by atoms with van der Waals surface area (Å²) in [6, 6.07) is 6.92. The molecule has 11 heteroatoms. The van der Waals surface area contributed by atoms with E-state index in [9.17, 15) is 19.2 Å². The summed E-state index contributed by atoms with van der Waals surface area (Å²) in [6.45, 7) is 2.95. The largest absolute Gasteiger partial charge is 0.485 e. The molecule has 2 aliphatic rings. The number of hydrazine groups is 1. The van der Waals surface area contributed by atoms with Crippen LogP contribution in [0.5, 0.6) is 11.5 Å². The van der Waals surface area contributed by atoms with Gasteiger partial charge in [-0.1, -0.05) is 12.1 Å². The Labute approximate surface area is 193 Å². The van der Waals surface area contributed by atoms with Gasteiger partial charge in [0.25, 0.3) is 11.8 Å². The fourth-order valence-electron chi connectivity index (χ4n) is 3.12. The third kappa shape index (κ3) is 5.25. The second-order valence-electron chi connectivity index (χ2n) is 7.73. The number of nitrogens with one attached hydrogen (secondary N) is 3. The summed E-state index contributed by atoms with van der Waals surface area (Å²) in [7, 11) is 0.